The molecule has 4 aromatic carbocycles. The highest BCUT2D eigenvalue weighted by molar-refractivity contribution is 7.90. The molecule has 0 aliphatic carbocycles. The second kappa shape index (κ2) is 37.5. The molecule has 0 radical (unpaired) electrons. The number of hydrogen-bond donors (Lipinski definition) is 12. The summed E-state index contributed by atoms with van der Waals surface area (Å²) in [6, 6.07) is 18.4. The first-order valence-electron chi connectivity index (χ1n) is 28.0. The Kier molecular flexibility index (Phi) is 30.1. The summed E-state index contributed by atoms with van der Waals surface area (Å²) >= 11 is 4.93. The van der Waals surface area contributed by atoms with E-state index in [0.717, 1.165) is 46.9 Å². The molecule has 0 saturated carbocycles. The normalized spacial score (nSPS) is 11.2. The molecule has 0 unspecified atom stereocenters. The molecule has 5 heterocycles. The van der Waals surface area contributed by atoms with Crippen molar-refractivity contribution in [2.45, 2.75) is 40.5 Å². The molecule has 0 atom stereocenters. The van der Waals surface area contributed by atoms with Crippen molar-refractivity contribution in [3.63, 3.8) is 0 Å². The van der Waals surface area contributed by atoms with Crippen LogP contribution < -0.4 is 58.9 Å². The third kappa shape index (κ3) is 24.1. The lowest BCUT2D eigenvalue weighted by Gasteiger charge is -2.18. The van der Waals surface area contributed by atoms with Crippen molar-refractivity contribution in [1.29, 1.82) is 0 Å². The summed E-state index contributed by atoms with van der Waals surface area (Å²) in [5.74, 6) is -12.8. The Bertz CT molecular complexity index is 4500. The summed E-state index contributed by atoms with van der Waals surface area (Å²) in [4.78, 5) is 115. The Labute approximate surface area is 570 Å². The van der Waals surface area contributed by atoms with Gasteiger partial charge in [-0.25, -0.2) is 51.5 Å². The predicted molar refractivity (Wildman–Crippen MR) is 349 cm³/mol. The number of carbonyl (C=O) groups is 8. The Morgan fingerprint density at radius 1 is 0.505 bits per heavy atom. The Morgan fingerprint density at radius 2 is 0.871 bits per heavy atom. The third-order valence-electron chi connectivity index (χ3n) is 12.3. The quantitative estimate of drug-likeness (QED) is 0.0145. The van der Waals surface area contributed by atoms with Gasteiger partial charge in [0.15, 0.2) is 17.3 Å². The minimum atomic E-state index is -4.02. The first kappa shape index (κ1) is 81.2. The number of hydrogen-bond acceptors (Lipinski definition) is 19. The Balaban J connectivity index is 0.000000278. The first-order valence-corrected chi connectivity index (χ1v) is 29.8. The molecule has 534 valence electrons. The fourth-order valence-electron chi connectivity index (χ4n) is 7.89. The van der Waals surface area contributed by atoms with Gasteiger partial charge in [-0.3, -0.25) is 53.2 Å². The molecule has 0 spiro atoms. The number of carbonyl (C=O) groups excluding carboxylic acids is 8. The summed E-state index contributed by atoms with van der Waals surface area (Å²) in [6.45, 7) is 5.93. The number of nitrogen functional groups attached to an aromatic ring is 2. The lowest BCUT2D eigenvalue weighted by atomic mass is 10.1. The molecule has 9 rings (SSSR count). The molecule has 101 heavy (non-hydrogen) atoms. The van der Waals surface area contributed by atoms with Crippen molar-refractivity contribution < 1.29 is 103 Å². The van der Waals surface area contributed by atoms with Gasteiger partial charge in [-0.15, -0.1) is 0 Å². The van der Waals surface area contributed by atoms with E-state index < -0.39 is 118 Å². The van der Waals surface area contributed by atoms with Crippen molar-refractivity contribution in [3.05, 3.63) is 201 Å². The lowest BCUT2D eigenvalue weighted by Crippen LogP contribution is -2.74. The second-order valence-electron chi connectivity index (χ2n) is 19.9. The minimum Gasteiger partial charge on any atom is -0.412 e. The van der Waals surface area contributed by atoms with Crippen molar-refractivity contribution in [2.24, 2.45) is 0 Å². The monoisotopic (exact) mass is 1460 g/mol. The van der Waals surface area contributed by atoms with Crippen LogP contribution >= 0.6 is 11.6 Å². The number of nitrogens with one attached hydrogen (secondary N) is 8. The third-order valence-corrected chi connectivity index (χ3v) is 14.0. The van der Waals surface area contributed by atoms with E-state index >= 15 is 0 Å². The maximum atomic E-state index is 14.8. The highest BCUT2D eigenvalue weighted by Gasteiger charge is 2.30. The number of benzene rings is 4. The highest BCUT2D eigenvalue weighted by atomic mass is 35.5. The molecule has 31 nitrogen and oxygen atoms in total. The number of aromatic nitrogens is 4. The van der Waals surface area contributed by atoms with Gasteiger partial charge in [-0.05, 0) is 109 Å². The lowest BCUT2D eigenvalue weighted by molar-refractivity contribution is -0.826. The molecule has 41 heteroatoms. The highest BCUT2D eigenvalue weighted by Crippen LogP contribution is 2.28. The summed E-state index contributed by atoms with van der Waals surface area (Å²) in [5, 5.41) is 34.4. The van der Waals surface area contributed by atoms with E-state index in [4.69, 9.17) is 28.3 Å². The zero-order chi connectivity index (χ0) is 74.3. The molecule has 7 amide bonds. The standard InChI is InChI=1S/C18H19F2N5O4S.C14H10F2N4O4.C14H12F2N4O2.C7H4ClF2NO2.C7H9N3O.H2O/c1-11(26)22-15-7-4-12(10-21-15)23-18(27)16-13(19)5-6-14(17(16)20)24-30(28,29)25-8-2-3-9-25;1-7(21)18-11-5-2-8(6-17-11)19-14(22)12-9(15)3-4-10(13(12)16)20(23)24;1-7(21)19-11-5-2-8(6-18-11)20-14(22)12-9(15)3-4-10(17)13(12)16;8-7(12)5-3(9)1-2-4(11-13)6(5)10;1-5(11)10-7-3-2-6(8)4-9-7;/h4-7,10,24H,2-3,8-9H2,1H3,(H,23,27)(H,21,22,26);2-6H,1H3,(H,19,22)(H,17,18,21);2-6H,17H2,1H3,(H,20,22)(H,18,19,21);1-2,11,13H;2-4H,8H2,1H3,(H,9,10,11);1H2/p+1. The molecule has 17 N–H and O–H groups in total. The van der Waals surface area contributed by atoms with E-state index in [9.17, 15) is 92.0 Å². The number of nitro benzene ring substituents is 1. The number of quaternary nitrogens is 1. The summed E-state index contributed by atoms with van der Waals surface area (Å²) in [6.07, 6.45) is 6.45. The molecule has 4 aromatic heterocycles. The number of rotatable bonds is 16. The van der Waals surface area contributed by atoms with Gasteiger partial charge in [0.2, 0.25) is 35.3 Å². The van der Waals surface area contributed by atoms with Crippen LogP contribution in [0.2, 0.25) is 0 Å². The van der Waals surface area contributed by atoms with Crippen LogP contribution in [0.5, 0.6) is 0 Å². The van der Waals surface area contributed by atoms with E-state index in [0.29, 0.717) is 55.0 Å². The topological polar surface area (TPSA) is 485 Å². The van der Waals surface area contributed by atoms with Crippen LogP contribution in [0.3, 0.4) is 0 Å². The van der Waals surface area contributed by atoms with Crippen LogP contribution in [-0.2, 0) is 29.4 Å². The number of amides is 7. The van der Waals surface area contributed by atoms with Crippen LogP contribution in [0.25, 0.3) is 0 Å². The van der Waals surface area contributed by atoms with Crippen LogP contribution in [0.4, 0.5) is 104 Å². The van der Waals surface area contributed by atoms with Crippen molar-refractivity contribution in [3.8, 4) is 0 Å². The molecule has 1 aliphatic rings. The van der Waals surface area contributed by atoms with Crippen molar-refractivity contribution in [2.75, 3.05) is 66.5 Å². The van der Waals surface area contributed by atoms with Gasteiger partial charge in [0, 0.05) is 52.9 Å². The predicted octanol–water partition coefficient (Wildman–Crippen LogP) is 7.68. The molecule has 0 bridgehead atoms. The number of nitro groups is 1. The van der Waals surface area contributed by atoms with Gasteiger partial charge < -0.3 is 54.2 Å². The minimum absolute atomic E-state index is 0. The summed E-state index contributed by atoms with van der Waals surface area (Å²) < 4.78 is 138. The Hall–Kier alpha value is -12.2. The largest absolute Gasteiger partial charge is 0.412 e. The van der Waals surface area contributed by atoms with Gasteiger partial charge in [-0.1, -0.05) is 0 Å². The smallest absolute Gasteiger partial charge is 0.305 e. The molecule has 1 saturated heterocycles. The maximum absolute atomic E-state index is 14.8. The molecular weight excluding hydrogens is 1400 g/mol. The van der Waals surface area contributed by atoms with Gasteiger partial charge >= 0.3 is 15.9 Å². The van der Waals surface area contributed by atoms with Crippen LogP contribution in [0, 0.1) is 56.7 Å². The number of nitrogens with two attached hydrogens (primary N) is 3. The van der Waals surface area contributed by atoms with Gasteiger partial charge in [0.1, 0.15) is 68.8 Å². The van der Waals surface area contributed by atoms with E-state index in [1.807, 2.05) is 0 Å². The zero-order valence-electron chi connectivity index (χ0n) is 52.4. The summed E-state index contributed by atoms with van der Waals surface area (Å²) in [5.41, 5.74) is 6.31. The second-order valence-corrected chi connectivity index (χ2v) is 21.9. The van der Waals surface area contributed by atoms with Crippen LogP contribution in [0.15, 0.2) is 122 Å². The van der Waals surface area contributed by atoms with Crippen molar-refractivity contribution in [1.82, 2.24) is 24.2 Å². The SMILES string of the molecule is CC(=O)Nc1ccc(N)cn1.CC(=O)Nc1ccc(NC(=O)c2c(F)ccc(N)c2F)cn1.CC(=O)Nc1ccc(NC(=O)c2c(F)ccc(NS(=O)(=O)N3CCCC3)c2F)cn1.CC(=O)Nc1ccc(NC(=O)c2c(F)ccc([N+](=O)[O-])c2F)cn1.O.O=C(Cl)c1c(F)ccc([NH2+]O)c1F. The van der Waals surface area contributed by atoms with Crippen LogP contribution in [0.1, 0.15) is 82.0 Å². The number of halogens is 9. The first-order chi connectivity index (χ1) is 47.1. The molecular formula is C60H57ClF8N17O14S+. The Morgan fingerprint density at radius 3 is 1.24 bits per heavy atom. The molecule has 1 fully saturated rings. The van der Waals surface area contributed by atoms with E-state index in [1.54, 1.807) is 12.1 Å². The van der Waals surface area contributed by atoms with Gasteiger partial charge in [-0.2, -0.15) is 27.0 Å². The van der Waals surface area contributed by atoms with E-state index in [-0.39, 0.29) is 75.0 Å². The van der Waals surface area contributed by atoms with E-state index in [1.165, 1.54) is 82.7 Å². The average molecular weight is 1460 g/mol. The average Bonchev–Trinajstić information content (AvgIpc) is 1.61. The van der Waals surface area contributed by atoms with Gasteiger partial charge in [0.05, 0.1) is 63.8 Å². The number of pyridine rings is 4. The summed E-state index contributed by atoms with van der Waals surface area (Å²) in [7, 11) is -4.02. The fourth-order valence-corrected chi connectivity index (χ4v) is 9.37. The maximum Gasteiger partial charge on any atom is 0.305 e. The van der Waals surface area contributed by atoms with Crippen molar-refractivity contribution >= 4 is 137 Å². The zero-order valence-corrected chi connectivity index (χ0v) is 54.0. The number of anilines is 10. The fraction of sp³-hybridized carbons (Fsp3) is 0.133. The van der Waals surface area contributed by atoms with E-state index in [2.05, 4.69) is 61.9 Å². The van der Waals surface area contributed by atoms with Crippen LogP contribution in [-0.4, -0.2) is 108 Å². The molecule has 8 aromatic rings. The van der Waals surface area contributed by atoms with Gasteiger partial charge in [0.25, 0.3) is 23.0 Å². The molecule has 1 aliphatic heterocycles. The number of nitrogens with zero attached hydrogens (tertiary/aromatic N) is 6.